The van der Waals surface area contributed by atoms with Crippen molar-refractivity contribution in [2.75, 3.05) is 20.2 Å². The standard InChI is InChI=1S/C22H25N5O9/c1-36-16-7-3-2-5-14(16)19(32)21(34)24-25-10-8-17(29)26-9-4-6-15(27(26)22(25)35)20(33)23-13(12-28)11-18(30)31/h2-3,5,7,12-13,15H,4,6,8-11H2,1H3,(H,23,33)(H,24,34)(H,30,31)/t13-,15-/m0/s1. The van der Waals surface area contributed by atoms with Crippen LogP contribution in [0.4, 0.5) is 4.79 Å². The zero-order valence-electron chi connectivity index (χ0n) is 19.3. The van der Waals surface area contributed by atoms with Crippen molar-refractivity contribution < 1.29 is 43.4 Å². The summed E-state index contributed by atoms with van der Waals surface area (Å²) in [5, 5.41) is 13.9. The molecule has 1 aromatic carbocycles. The largest absolute Gasteiger partial charge is 0.496 e. The van der Waals surface area contributed by atoms with Gasteiger partial charge in [-0.1, -0.05) is 12.1 Å². The second kappa shape index (κ2) is 11.3. The number of hydrazine groups is 2. The SMILES string of the molecule is COc1ccccc1C(=O)C(=O)NN1CCC(=O)N2CCC[C@@H](C(=O)N[C@H](C=O)CC(=O)O)N2C1=O. The molecule has 0 saturated carbocycles. The number of nitrogens with zero attached hydrogens (tertiary/aromatic N) is 3. The van der Waals surface area contributed by atoms with E-state index in [-0.39, 0.29) is 43.5 Å². The molecule has 2 heterocycles. The van der Waals surface area contributed by atoms with Crippen LogP contribution in [0.5, 0.6) is 5.75 Å². The van der Waals surface area contributed by atoms with Gasteiger partial charge in [0.15, 0.2) is 0 Å². The van der Waals surface area contributed by atoms with Crippen molar-refractivity contribution in [2.24, 2.45) is 0 Å². The van der Waals surface area contributed by atoms with E-state index in [2.05, 4.69) is 10.7 Å². The molecule has 14 heteroatoms. The van der Waals surface area contributed by atoms with Crippen LogP contribution in [0.3, 0.4) is 0 Å². The summed E-state index contributed by atoms with van der Waals surface area (Å²) in [5.41, 5.74) is 2.17. The Hall–Kier alpha value is -4.49. The molecule has 5 amide bonds. The first kappa shape index (κ1) is 26.1. The van der Waals surface area contributed by atoms with Crippen molar-refractivity contribution in [2.45, 2.75) is 37.8 Å². The monoisotopic (exact) mass is 503 g/mol. The number of hydrogen-bond acceptors (Lipinski definition) is 8. The van der Waals surface area contributed by atoms with E-state index in [1.54, 1.807) is 6.07 Å². The smallest absolute Gasteiger partial charge is 0.358 e. The number of ether oxygens (including phenoxy) is 1. The summed E-state index contributed by atoms with van der Waals surface area (Å²) in [6.45, 7) is -0.136. The molecule has 0 unspecified atom stereocenters. The highest BCUT2D eigenvalue weighted by atomic mass is 16.5. The Balaban J connectivity index is 1.81. The number of para-hydroxylation sites is 1. The first-order chi connectivity index (χ1) is 17.2. The lowest BCUT2D eigenvalue weighted by molar-refractivity contribution is -0.155. The van der Waals surface area contributed by atoms with Gasteiger partial charge in [0.1, 0.15) is 18.1 Å². The summed E-state index contributed by atoms with van der Waals surface area (Å²) in [4.78, 5) is 86.4. The Kier molecular flexibility index (Phi) is 8.19. The summed E-state index contributed by atoms with van der Waals surface area (Å²) in [6.07, 6.45) is -0.127. The molecule has 3 N–H and O–H groups in total. The molecule has 0 aliphatic carbocycles. The fourth-order valence-corrected chi connectivity index (χ4v) is 3.94. The van der Waals surface area contributed by atoms with Crippen LogP contribution in [-0.4, -0.2) is 94.2 Å². The number of carboxylic acids is 1. The van der Waals surface area contributed by atoms with Crippen LogP contribution < -0.4 is 15.5 Å². The fraction of sp³-hybridized carbons (Fsp3) is 0.409. The lowest BCUT2D eigenvalue weighted by Crippen LogP contribution is -2.65. The molecular weight excluding hydrogens is 478 g/mol. The molecule has 192 valence electrons. The van der Waals surface area contributed by atoms with Gasteiger partial charge in [-0.3, -0.25) is 29.4 Å². The Morgan fingerprint density at radius 2 is 1.92 bits per heavy atom. The number of carboxylic acid groups (broad SMARTS) is 1. The molecule has 0 bridgehead atoms. The lowest BCUT2D eigenvalue weighted by Gasteiger charge is -2.42. The normalized spacial score (nSPS) is 18.5. The van der Waals surface area contributed by atoms with E-state index >= 15 is 0 Å². The van der Waals surface area contributed by atoms with Crippen molar-refractivity contribution in [1.82, 2.24) is 25.8 Å². The number of ketones is 1. The Morgan fingerprint density at radius 3 is 2.58 bits per heavy atom. The fourth-order valence-electron chi connectivity index (χ4n) is 3.94. The van der Waals surface area contributed by atoms with E-state index < -0.39 is 54.0 Å². The molecule has 2 aliphatic rings. The van der Waals surface area contributed by atoms with Crippen molar-refractivity contribution in [1.29, 1.82) is 0 Å². The highest BCUT2D eigenvalue weighted by Gasteiger charge is 2.44. The Morgan fingerprint density at radius 1 is 1.19 bits per heavy atom. The number of methoxy groups -OCH3 is 1. The van der Waals surface area contributed by atoms with Gasteiger partial charge in [-0.05, 0) is 25.0 Å². The molecular formula is C22H25N5O9. The number of aldehydes is 1. The molecule has 36 heavy (non-hydrogen) atoms. The number of urea groups is 1. The number of Topliss-reactive ketones (excluding diaryl/α,β-unsaturated/α-hetero) is 1. The third-order valence-electron chi connectivity index (χ3n) is 5.65. The number of benzene rings is 1. The van der Waals surface area contributed by atoms with Crippen LogP contribution >= 0.6 is 0 Å². The zero-order valence-corrected chi connectivity index (χ0v) is 19.3. The summed E-state index contributed by atoms with van der Waals surface area (Å²) >= 11 is 0. The minimum Gasteiger partial charge on any atom is -0.496 e. The van der Waals surface area contributed by atoms with Crippen molar-refractivity contribution in [3.05, 3.63) is 29.8 Å². The van der Waals surface area contributed by atoms with Gasteiger partial charge in [0.2, 0.25) is 11.8 Å². The lowest BCUT2D eigenvalue weighted by atomic mass is 10.1. The maximum atomic E-state index is 13.4. The van der Waals surface area contributed by atoms with Crippen LogP contribution in [0.1, 0.15) is 36.0 Å². The van der Waals surface area contributed by atoms with Gasteiger partial charge in [-0.15, -0.1) is 0 Å². The molecule has 3 rings (SSSR count). The quantitative estimate of drug-likeness (QED) is 0.218. The molecule has 0 aromatic heterocycles. The molecule has 2 fully saturated rings. The molecule has 1 aromatic rings. The topological polar surface area (TPSA) is 183 Å². The van der Waals surface area contributed by atoms with Crippen LogP contribution in [0.15, 0.2) is 24.3 Å². The summed E-state index contributed by atoms with van der Waals surface area (Å²) in [7, 11) is 1.33. The number of aliphatic carboxylic acids is 1. The number of hydrogen-bond donors (Lipinski definition) is 3. The van der Waals surface area contributed by atoms with E-state index in [4.69, 9.17) is 9.84 Å². The minimum atomic E-state index is -1.34. The van der Waals surface area contributed by atoms with Crippen molar-refractivity contribution in [3.8, 4) is 5.75 Å². The van der Waals surface area contributed by atoms with Gasteiger partial charge in [0.25, 0.3) is 5.78 Å². The van der Waals surface area contributed by atoms with Crippen LogP contribution in [0.25, 0.3) is 0 Å². The first-order valence-corrected chi connectivity index (χ1v) is 11.0. The predicted octanol–water partition coefficient (Wildman–Crippen LogP) is -0.899. The second-order valence-electron chi connectivity index (χ2n) is 8.02. The summed E-state index contributed by atoms with van der Waals surface area (Å²) in [6, 6.07) is 2.47. The summed E-state index contributed by atoms with van der Waals surface area (Å²) < 4.78 is 5.09. The molecule has 2 aliphatic heterocycles. The average Bonchev–Trinajstić information content (AvgIpc) is 2.99. The van der Waals surface area contributed by atoms with Crippen LogP contribution in [-0.2, 0) is 24.0 Å². The average molecular weight is 503 g/mol. The molecule has 0 radical (unpaired) electrons. The highest BCUT2D eigenvalue weighted by molar-refractivity contribution is 6.43. The number of amides is 5. The maximum Gasteiger partial charge on any atom is 0.358 e. The van der Waals surface area contributed by atoms with Gasteiger partial charge in [0, 0.05) is 13.0 Å². The van der Waals surface area contributed by atoms with Crippen molar-refractivity contribution >= 4 is 41.8 Å². The maximum absolute atomic E-state index is 13.4. The van der Waals surface area contributed by atoms with E-state index in [0.29, 0.717) is 6.42 Å². The van der Waals surface area contributed by atoms with Crippen molar-refractivity contribution in [3.63, 3.8) is 0 Å². The zero-order chi connectivity index (χ0) is 26.4. The second-order valence-corrected chi connectivity index (χ2v) is 8.02. The molecule has 2 atom stereocenters. The number of carbonyl (C=O) groups excluding carboxylic acids is 6. The number of carbonyl (C=O) groups is 7. The third kappa shape index (κ3) is 5.59. The molecule has 14 nitrogen and oxygen atoms in total. The van der Waals surface area contributed by atoms with Gasteiger partial charge in [0.05, 0.1) is 31.7 Å². The van der Waals surface area contributed by atoms with Gasteiger partial charge in [-0.2, -0.15) is 0 Å². The van der Waals surface area contributed by atoms with Gasteiger partial charge in [-0.25, -0.2) is 19.8 Å². The van der Waals surface area contributed by atoms with E-state index in [1.807, 2.05) is 0 Å². The highest BCUT2D eigenvalue weighted by Crippen LogP contribution is 2.24. The molecule has 0 spiro atoms. The molecule has 2 saturated heterocycles. The van der Waals surface area contributed by atoms with Gasteiger partial charge < -0.3 is 20.0 Å². The van der Waals surface area contributed by atoms with Gasteiger partial charge >= 0.3 is 17.9 Å². The van der Waals surface area contributed by atoms with Crippen LogP contribution in [0.2, 0.25) is 0 Å². The predicted molar refractivity (Wildman–Crippen MR) is 119 cm³/mol. The number of fused-ring (bicyclic) bond motifs is 1. The Labute approximate surface area is 205 Å². The van der Waals surface area contributed by atoms with Crippen LogP contribution in [0, 0.1) is 0 Å². The van der Waals surface area contributed by atoms with E-state index in [1.165, 1.54) is 25.3 Å². The number of rotatable bonds is 9. The first-order valence-electron chi connectivity index (χ1n) is 11.0. The minimum absolute atomic E-state index is 0.0361. The summed E-state index contributed by atoms with van der Waals surface area (Å²) in [5.74, 6) is -4.63. The number of nitrogens with one attached hydrogen (secondary N) is 2. The Bertz CT molecular complexity index is 1090. The van der Waals surface area contributed by atoms with E-state index in [0.717, 1.165) is 15.0 Å². The third-order valence-corrected chi connectivity index (χ3v) is 5.65. The van der Waals surface area contributed by atoms with E-state index in [9.17, 15) is 33.6 Å².